The third-order valence-electron chi connectivity index (χ3n) is 12.7. The van der Waals surface area contributed by atoms with E-state index in [9.17, 15) is 14.4 Å². The monoisotopic (exact) mass is 1010 g/mol. The molecule has 0 N–H and O–H groups in total. The first-order chi connectivity index (χ1) is 36.0. The van der Waals surface area contributed by atoms with Crippen LogP contribution in [0.5, 0.6) is 0 Å². The van der Waals surface area contributed by atoms with Crippen LogP contribution in [-0.4, -0.2) is 37.2 Å². The van der Waals surface area contributed by atoms with Gasteiger partial charge in [0.05, 0.1) is 0 Å². The lowest BCUT2D eigenvalue weighted by Crippen LogP contribution is -2.30. The maximum atomic E-state index is 12.9. The molecule has 0 heterocycles. The number of carbonyl (C=O) groups is 3. The summed E-state index contributed by atoms with van der Waals surface area (Å²) in [5, 5.41) is 0. The van der Waals surface area contributed by atoms with Crippen LogP contribution in [0.25, 0.3) is 0 Å². The van der Waals surface area contributed by atoms with Gasteiger partial charge in [0.15, 0.2) is 6.10 Å². The van der Waals surface area contributed by atoms with Gasteiger partial charge in [0.1, 0.15) is 13.2 Å². The largest absolute Gasteiger partial charge is 0.462 e. The average molecular weight is 1010 g/mol. The minimum Gasteiger partial charge on any atom is -0.462 e. The number of unbranched alkanes of at least 4 members (excludes halogenated alkanes) is 25. The zero-order chi connectivity index (χ0) is 52.9. The molecule has 6 heteroatoms. The summed E-state index contributed by atoms with van der Waals surface area (Å²) in [6, 6.07) is 0. The van der Waals surface area contributed by atoms with Crippen molar-refractivity contribution in [3.8, 4) is 0 Å². The molecule has 0 rings (SSSR count). The highest BCUT2D eigenvalue weighted by Gasteiger charge is 2.19. The van der Waals surface area contributed by atoms with Crippen LogP contribution in [0.3, 0.4) is 0 Å². The van der Waals surface area contributed by atoms with Crippen LogP contribution in [0, 0.1) is 0 Å². The number of allylic oxidation sites excluding steroid dienone is 18. The molecule has 0 saturated carbocycles. The molecule has 1 atom stereocenters. The quantitative estimate of drug-likeness (QED) is 0.0261. The molecule has 0 aliphatic heterocycles. The Labute approximate surface area is 450 Å². The minimum atomic E-state index is -0.798. The molecule has 416 valence electrons. The molecule has 0 aromatic rings. The van der Waals surface area contributed by atoms with Crippen molar-refractivity contribution in [2.45, 2.75) is 284 Å². The summed E-state index contributed by atoms with van der Waals surface area (Å²) in [7, 11) is 0. The molecule has 0 aromatic carbocycles. The van der Waals surface area contributed by atoms with E-state index in [1.54, 1.807) is 0 Å². The lowest BCUT2D eigenvalue weighted by molar-refractivity contribution is -0.167. The summed E-state index contributed by atoms with van der Waals surface area (Å²) < 4.78 is 16.9. The highest BCUT2D eigenvalue weighted by molar-refractivity contribution is 5.71. The van der Waals surface area contributed by atoms with Crippen molar-refractivity contribution in [1.29, 1.82) is 0 Å². The first-order valence-electron chi connectivity index (χ1n) is 30.4. The maximum absolute atomic E-state index is 12.9. The van der Waals surface area contributed by atoms with Gasteiger partial charge in [-0.15, -0.1) is 0 Å². The molecule has 0 aliphatic rings. The Morgan fingerprint density at radius 3 is 0.836 bits per heavy atom. The summed E-state index contributed by atoms with van der Waals surface area (Å²) >= 11 is 0. The van der Waals surface area contributed by atoms with Crippen molar-refractivity contribution in [2.75, 3.05) is 13.2 Å². The second-order valence-electron chi connectivity index (χ2n) is 19.9. The van der Waals surface area contributed by atoms with Gasteiger partial charge in [-0.05, 0) is 128 Å². The molecular weight excluding hydrogens is 901 g/mol. The second kappa shape index (κ2) is 60.6. The number of hydrogen-bond acceptors (Lipinski definition) is 6. The predicted octanol–water partition coefficient (Wildman–Crippen LogP) is 20.7. The van der Waals surface area contributed by atoms with Crippen molar-refractivity contribution in [2.24, 2.45) is 0 Å². The Morgan fingerprint density at radius 2 is 0.534 bits per heavy atom. The number of ether oxygens (including phenoxy) is 3. The second-order valence-corrected chi connectivity index (χ2v) is 19.9. The summed E-state index contributed by atoms with van der Waals surface area (Å²) in [5.74, 6) is -0.925. The van der Waals surface area contributed by atoms with Crippen molar-refractivity contribution in [1.82, 2.24) is 0 Å². The average Bonchev–Trinajstić information content (AvgIpc) is 3.39. The Morgan fingerprint density at radius 1 is 0.288 bits per heavy atom. The molecule has 0 amide bonds. The van der Waals surface area contributed by atoms with Crippen molar-refractivity contribution >= 4 is 17.9 Å². The number of carbonyl (C=O) groups excluding carboxylic acids is 3. The standard InChI is InChI=1S/C67H112O6/c1-4-7-10-13-16-19-22-25-28-31-33-36-39-42-45-48-51-54-57-60-66(69)72-63-64(62-71-65(68)59-56-53-50-47-44-41-38-35-30-27-24-21-18-15-12-9-6-3)73-67(70)61-58-55-52-49-46-43-40-37-34-32-29-26-23-20-17-14-11-8-5-2/h9,12,16-21,25-30,33-34,36-37,64H,4-8,10-11,13-15,22-24,31-32,35,38-63H2,1-3H3/b12-9-,19-16-,20-17-,21-18-,28-25-,29-26-,30-27-,36-33-,37-34-. The van der Waals surface area contributed by atoms with Gasteiger partial charge in [0.2, 0.25) is 0 Å². The fourth-order valence-corrected chi connectivity index (χ4v) is 8.18. The smallest absolute Gasteiger partial charge is 0.306 e. The van der Waals surface area contributed by atoms with Crippen LogP contribution in [0.4, 0.5) is 0 Å². The Kier molecular flexibility index (Phi) is 57.4. The van der Waals surface area contributed by atoms with Crippen LogP contribution in [0.1, 0.15) is 278 Å². The normalized spacial score (nSPS) is 12.9. The van der Waals surface area contributed by atoms with E-state index in [0.717, 1.165) is 128 Å². The van der Waals surface area contributed by atoms with Crippen LogP contribution in [-0.2, 0) is 28.6 Å². The van der Waals surface area contributed by atoms with Crippen LogP contribution < -0.4 is 0 Å². The zero-order valence-corrected chi connectivity index (χ0v) is 47.6. The zero-order valence-electron chi connectivity index (χ0n) is 47.6. The summed E-state index contributed by atoms with van der Waals surface area (Å²) in [6.45, 7) is 6.46. The van der Waals surface area contributed by atoms with Crippen LogP contribution >= 0.6 is 0 Å². The van der Waals surface area contributed by atoms with Gasteiger partial charge >= 0.3 is 17.9 Å². The van der Waals surface area contributed by atoms with E-state index in [4.69, 9.17) is 14.2 Å². The summed E-state index contributed by atoms with van der Waals surface area (Å²) in [5.41, 5.74) is 0. The van der Waals surface area contributed by atoms with Gasteiger partial charge in [0, 0.05) is 19.3 Å². The molecule has 73 heavy (non-hydrogen) atoms. The van der Waals surface area contributed by atoms with E-state index in [1.165, 1.54) is 109 Å². The van der Waals surface area contributed by atoms with E-state index in [0.29, 0.717) is 19.3 Å². The van der Waals surface area contributed by atoms with Gasteiger partial charge in [-0.25, -0.2) is 0 Å². The van der Waals surface area contributed by atoms with Gasteiger partial charge in [-0.1, -0.05) is 239 Å². The van der Waals surface area contributed by atoms with E-state index >= 15 is 0 Å². The Bertz CT molecular complexity index is 1490. The Hall–Kier alpha value is -3.93. The molecule has 1 unspecified atom stereocenters. The molecule has 0 saturated heterocycles. The van der Waals surface area contributed by atoms with E-state index in [2.05, 4.69) is 130 Å². The van der Waals surface area contributed by atoms with Crippen LogP contribution in [0.15, 0.2) is 109 Å². The highest BCUT2D eigenvalue weighted by Crippen LogP contribution is 2.14. The van der Waals surface area contributed by atoms with Gasteiger partial charge in [0.25, 0.3) is 0 Å². The molecule has 0 spiro atoms. The van der Waals surface area contributed by atoms with Gasteiger partial charge < -0.3 is 14.2 Å². The maximum Gasteiger partial charge on any atom is 0.306 e. The molecule has 0 bridgehead atoms. The number of rotatable bonds is 54. The molecular formula is C67H112O6. The molecule has 0 fully saturated rings. The third kappa shape index (κ3) is 58.8. The van der Waals surface area contributed by atoms with Crippen molar-refractivity contribution in [3.63, 3.8) is 0 Å². The topological polar surface area (TPSA) is 78.9 Å². The summed E-state index contributed by atoms with van der Waals surface area (Å²) in [6.07, 6.45) is 82.1. The van der Waals surface area contributed by atoms with Crippen molar-refractivity contribution in [3.05, 3.63) is 109 Å². The predicted molar refractivity (Wildman–Crippen MR) is 316 cm³/mol. The van der Waals surface area contributed by atoms with Crippen molar-refractivity contribution < 1.29 is 28.6 Å². The molecule has 0 aromatic heterocycles. The lowest BCUT2D eigenvalue weighted by atomic mass is 10.1. The first-order valence-corrected chi connectivity index (χ1v) is 30.4. The van der Waals surface area contributed by atoms with E-state index in [-0.39, 0.29) is 31.1 Å². The lowest BCUT2D eigenvalue weighted by Gasteiger charge is -2.18. The SMILES string of the molecule is CC/C=C\C/C=C\C/C=C\CCCCCCCCCC(=O)OCC(COC(=O)CCCCCCCC/C=C\C/C=C\C/C=C\CCCCC)OC(=O)CCCCCCCC/C=C\C/C=C\C/C=C\CCCCC. The molecule has 0 radical (unpaired) electrons. The van der Waals surface area contributed by atoms with E-state index < -0.39 is 6.10 Å². The van der Waals surface area contributed by atoms with Gasteiger partial charge in [-0.3, -0.25) is 14.4 Å². The van der Waals surface area contributed by atoms with Crippen LogP contribution in [0.2, 0.25) is 0 Å². The van der Waals surface area contributed by atoms with E-state index in [1.807, 2.05) is 0 Å². The van der Waals surface area contributed by atoms with Gasteiger partial charge in [-0.2, -0.15) is 0 Å². The fraction of sp³-hybridized carbons (Fsp3) is 0.687. The number of hydrogen-bond donors (Lipinski definition) is 0. The number of esters is 3. The Balaban J connectivity index is 4.47. The molecule has 0 aliphatic carbocycles. The molecule has 6 nitrogen and oxygen atoms in total. The summed E-state index contributed by atoms with van der Waals surface area (Å²) in [4.78, 5) is 38.3. The first kappa shape index (κ1) is 69.1. The fourth-order valence-electron chi connectivity index (χ4n) is 8.18. The third-order valence-corrected chi connectivity index (χ3v) is 12.7. The minimum absolute atomic E-state index is 0.0943. The highest BCUT2D eigenvalue weighted by atomic mass is 16.6.